The number of carbonyl (C=O) groups is 2. The molecule has 0 radical (unpaired) electrons. The predicted molar refractivity (Wildman–Crippen MR) is 126 cm³/mol. The molecule has 3 heterocycles. The monoisotopic (exact) mass is 479 g/mol. The van der Waals surface area contributed by atoms with Gasteiger partial charge >= 0.3 is 5.97 Å². The highest BCUT2D eigenvalue weighted by Gasteiger charge is 2.27. The molecule has 1 amide bonds. The molecule has 0 N–H and O–H groups in total. The Morgan fingerprint density at radius 3 is 2.51 bits per heavy atom. The summed E-state index contributed by atoms with van der Waals surface area (Å²) in [6.07, 6.45) is 5.16. The average Bonchev–Trinajstić information content (AvgIpc) is 3.11. The highest BCUT2D eigenvalue weighted by Crippen LogP contribution is 2.25. The van der Waals surface area contributed by atoms with Crippen LogP contribution in [0.5, 0.6) is 5.75 Å². The molecule has 4 rings (SSSR count). The van der Waals surface area contributed by atoms with Gasteiger partial charge in [0.1, 0.15) is 17.1 Å². The second-order valence-electron chi connectivity index (χ2n) is 8.17. The lowest BCUT2D eigenvalue weighted by atomic mass is 10.1. The van der Waals surface area contributed by atoms with Crippen LogP contribution < -0.4 is 10.3 Å². The molecule has 1 aromatic carbocycles. The number of hydrogen-bond acceptors (Lipinski definition) is 6. The normalized spacial score (nSPS) is 13.0. The lowest BCUT2D eigenvalue weighted by molar-refractivity contribution is 0.0593. The van der Waals surface area contributed by atoms with Crippen molar-refractivity contribution in [2.75, 3.05) is 26.8 Å². The summed E-state index contributed by atoms with van der Waals surface area (Å²) < 4.78 is 25.6. The SMILES string of the molecule is COC(=O)c1c(OCCCc2ccncc2)cc(=O)n2c1CCN(C(=O)c1ccc(F)cc1)CC2. The van der Waals surface area contributed by atoms with Gasteiger partial charge in [0.15, 0.2) is 0 Å². The Morgan fingerprint density at radius 1 is 1.06 bits per heavy atom. The number of pyridine rings is 2. The van der Waals surface area contributed by atoms with Crippen molar-refractivity contribution < 1.29 is 23.5 Å². The van der Waals surface area contributed by atoms with Crippen LogP contribution in [0.1, 0.15) is 38.4 Å². The number of ether oxygens (including phenoxy) is 2. The molecule has 2 aromatic heterocycles. The zero-order chi connectivity index (χ0) is 24.8. The number of esters is 1. The highest BCUT2D eigenvalue weighted by molar-refractivity contribution is 5.95. The summed E-state index contributed by atoms with van der Waals surface area (Å²) in [5.74, 6) is -1.11. The Balaban J connectivity index is 1.53. The summed E-state index contributed by atoms with van der Waals surface area (Å²) in [5, 5.41) is 0. The molecule has 182 valence electrons. The fourth-order valence-corrected chi connectivity index (χ4v) is 4.17. The van der Waals surface area contributed by atoms with Gasteiger partial charge in [-0.2, -0.15) is 0 Å². The van der Waals surface area contributed by atoms with E-state index < -0.39 is 11.8 Å². The number of halogens is 1. The minimum atomic E-state index is -0.601. The van der Waals surface area contributed by atoms with Gasteiger partial charge in [0.05, 0.1) is 13.7 Å². The molecular weight excluding hydrogens is 453 g/mol. The summed E-state index contributed by atoms with van der Waals surface area (Å²) in [4.78, 5) is 44.1. The van der Waals surface area contributed by atoms with Crippen LogP contribution in [0.25, 0.3) is 0 Å². The van der Waals surface area contributed by atoms with Gasteiger partial charge in [-0.3, -0.25) is 14.6 Å². The van der Waals surface area contributed by atoms with E-state index in [4.69, 9.17) is 9.47 Å². The van der Waals surface area contributed by atoms with E-state index >= 15 is 0 Å². The van der Waals surface area contributed by atoms with E-state index in [-0.39, 0.29) is 48.8 Å². The van der Waals surface area contributed by atoms with Gasteiger partial charge in [-0.15, -0.1) is 0 Å². The number of amides is 1. The van der Waals surface area contributed by atoms with Crippen molar-refractivity contribution in [2.45, 2.75) is 25.8 Å². The average molecular weight is 480 g/mol. The van der Waals surface area contributed by atoms with Crippen LogP contribution in [0.15, 0.2) is 59.7 Å². The van der Waals surface area contributed by atoms with E-state index in [1.54, 1.807) is 17.3 Å². The van der Waals surface area contributed by atoms with Crippen molar-refractivity contribution in [1.82, 2.24) is 14.5 Å². The molecule has 1 aliphatic rings. The Kier molecular flexibility index (Phi) is 7.54. The van der Waals surface area contributed by atoms with Gasteiger partial charge in [-0.25, -0.2) is 9.18 Å². The van der Waals surface area contributed by atoms with Gasteiger partial charge in [0, 0.05) is 55.8 Å². The van der Waals surface area contributed by atoms with Gasteiger partial charge in [-0.1, -0.05) is 0 Å². The fraction of sp³-hybridized carbons (Fsp3) is 0.308. The van der Waals surface area contributed by atoms with Crippen molar-refractivity contribution in [3.63, 3.8) is 0 Å². The van der Waals surface area contributed by atoms with Crippen LogP contribution in [-0.2, 0) is 24.1 Å². The maximum atomic E-state index is 13.2. The number of hydrogen-bond donors (Lipinski definition) is 0. The third kappa shape index (κ3) is 5.56. The standard InChI is InChI=1S/C26H26FN3O5/c1-34-26(33)24-21-10-13-29(25(32)19-4-6-20(27)7-5-19)14-15-30(21)23(31)17-22(24)35-16-2-3-18-8-11-28-12-9-18/h4-9,11-12,17H,2-3,10,13-16H2,1H3. The minimum absolute atomic E-state index is 0.182. The van der Waals surface area contributed by atoms with Crippen molar-refractivity contribution in [3.8, 4) is 5.75 Å². The van der Waals surface area contributed by atoms with Crippen LogP contribution in [0, 0.1) is 5.82 Å². The molecule has 0 saturated heterocycles. The highest BCUT2D eigenvalue weighted by atomic mass is 19.1. The van der Waals surface area contributed by atoms with Crippen molar-refractivity contribution in [3.05, 3.63) is 93.4 Å². The lowest BCUT2D eigenvalue weighted by Crippen LogP contribution is -2.34. The van der Waals surface area contributed by atoms with Gasteiger partial charge < -0.3 is 18.9 Å². The minimum Gasteiger partial charge on any atom is -0.492 e. The molecule has 0 saturated carbocycles. The molecule has 1 aliphatic heterocycles. The Morgan fingerprint density at radius 2 is 1.80 bits per heavy atom. The third-order valence-electron chi connectivity index (χ3n) is 5.98. The summed E-state index contributed by atoms with van der Waals surface area (Å²) in [5.41, 5.74) is 1.84. The van der Waals surface area contributed by atoms with E-state index in [2.05, 4.69) is 4.98 Å². The van der Waals surface area contributed by atoms with Crippen LogP contribution in [-0.4, -0.2) is 53.1 Å². The molecular formula is C26H26FN3O5. The molecule has 3 aromatic rings. The van der Waals surface area contributed by atoms with Gasteiger partial charge in [0.25, 0.3) is 11.5 Å². The number of rotatable bonds is 7. The first-order valence-corrected chi connectivity index (χ1v) is 11.4. The first-order valence-electron chi connectivity index (χ1n) is 11.4. The molecule has 0 fully saturated rings. The van der Waals surface area contributed by atoms with Crippen LogP contribution in [0.2, 0.25) is 0 Å². The first kappa shape index (κ1) is 24.1. The zero-order valence-corrected chi connectivity index (χ0v) is 19.4. The Hall–Kier alpha value is -4.01. The van der Waals surface area contributed by atoms with E-state index in [1.807, 2.05) is 12.1 Å². The number of benzene rings is 1. The largest absolute Gasteiger partial charge is 0.492 e. The molecule has 35 heavy (non-hydrogen) atoms. The number of fused-ring (bicyclic) bond motifs is 1. The van der Waals surface area contributed by atoms with Gasteiger partial charge in [0.2, 0.25) is 0 Å². The van der Waals surface area contributed by atoms with Gasteiger partial charge in [-0.05, 0) is 54.8 Å². The van der Waals surface area contributed by atoms with E-state index in [0.717, 1.165) is 12.0 Å². The lowest BCUT2D eigenvalue weighted by Gasteiger charge is -2.20. The topological polar surface area (TPSA) is 90.7 Å². The number of aromatic nitrogens is 2. The molecule has 0 spiro atoms. The molecule has 0 unspecified atom stereocenters. The third-order valence-corrected chi connectivity index (χ3v) is 5.98. The smallest absolute Gasteiger partial charge is 0.343 e. The molecule has 8 nitrogen and oxygen atoms in total. The predicted octanol–water partition coefficient (Wildman–Crippen LogP) is 2.88. The maximum Gasteiger partial charge on any atom is 0.343 e. The van der Waals surface area contributed by atoms with E-state index in [0.29, 0.717) is 24.3 Å². The number of carbonyl (C=O) groups excluding carboxylic acids is 2. The van der Waals surface area contributed by atoms with E-state index in [1.165, 1.54) is 42.0 Å². The molecule has 0 aliphatic carbocycles. The molecule has 0 bridgehead atoms. The zero-order valence-electron chi connectivity index (χ0n) is 19.4. The first-order chi connectivity index (χ1) is 17.0. The van der Waals surface area contributed by atoms with Crippen molar-refractivity contribution in [1.29, 1.82) is 0 Å². The number of methoxy groups -OCH3 is 1. The summed E-state index contributed by atoms with van der Waals surface area (Å²) in [6, 6.07) is 10.5. The summed E-state index contributed by atoms with van der Waals surface area (Å²) in [7, 11) is 1.28. The Bertz CT molecular complexity index is 1260. The second kappa shape index (κ2) is 10.9. The maximum absolute atomic E-state index is 13.2. The number of aryl methyl sites for hydroxylation is 1. The summed E-state index contributed by atoms with van der Waals surface area (Å²) >= 11 is 0. The van der Waals surface area contributed by atoms with Crippen LogP contribution >= 0.6 is 0 Å². The quantitative estimate of drug-likeness (QED) is 0.382. The van der Waals surface area contributed by atoms with Crippen molar-refractivity contribution >= 4 is 11.9 Å². The van der Waals surface area contributed by atoms with Crippen molar-refractivity contribution in [2.24, 2.45) is 0 Å². The molecule has 9 heteroatoms. The Labute approximate surface area is 201 Å². The summed E-state index contributed by atoms with van der Waals surface area (Å²) in [6.45, 7) is 1.08. The van der Waals surface area contributed by atoms with E-state index in [9.17, 15) is 18.8 Å². The molecule has 0 atom stereocenters. The second-order valence-corrected chi connectivity index (χ2v) is 8.17. The van der Waals surface area contributed by atoms with Crippen LogP contribution in [0.3, 0.4) is 0 Å². The number of nitrogens with zero attached hydrogens (tertiary/aromatic N) is 3. The van der Waals surface area contributed by atoms with Crippen LogP contribution in [0.4, 0.5) is 4.39 Å². The fourth-order valence-electron chi connectivity index (χ4n) is 4.17.